The molecule has 0 radical (unpaired) electrons. The second-order valence-corrected chi connectivity index (χ2v) is 8.32. The highest BCUT2D eigenvalue weighted by molar-refractivity contribution is 7.90. The average molecular weight is 352 g/mol. The number of carboxylic acids is 1. The van der Waals surface area contributed by atoms with Crippen molar-refractivity contribution in [2.45, 2.75) is 43.4 Å². The van der Waals surface area contributed by atoms with Gasteiger partial charge in [-0.25, -0.2) is 13.2 Å². The van der Waals surface area contributed by atoms with Gasteiger partial charge in [-0.05, 0) is 42.0 Å². The number of aliphatic hydroxyl groups excluding tert-OH is 1. The molecule has 1 aromatic rings. The summed E-state index contributed by atoms with van der Waals surface area (Å²) in [7, 11) is -3.29. The Morgan fingerprint density at radius 3 is 2.17 bits per heavy atom. The Bertz CT molecular complexity index is 710. The van der Waals surface area contributed by atoms with E-state index >= 15 is 0 Å². The van der Waals surface area contributed by atoms with E-state index in [1.165, 1.54) is 12.1 Å². The van der Waals surface area contributed by atoms with Crippen LogP contribution in [0.3, 0.4) is 0 Å². The maximum Gasteiger partial charge on any atom is 0.331 e. The molecule has 0 heterocycles. The lowest BCUT2D eigenvalue weighted by molar-refractivity contribution is -0.132. The first-order valence-electron chi connectivity index (χ1n) is 8.22. The first kappa shape index (κ1) is 18.7. The molecule has 2 rings (SSSR count). The quantitative estimate of drug-likeness (QED) is 0.768. The van der Waals surface area contributed by atoms with Gasteiger partial charge in [0.2, 0.25) is 0 Å². The molecule has 1 fully saturated rings. The lowest BCUT2D eigenvalue weighted by atomic mass is 9.78. The van der Waals surface area contributed by atoms with Gasteiger partial charge in [-0.2, -0.15) is 0 Å². The van der Waals surface area contributed by atoms with E-state index < -0.39 is 15.8 Å². The van der Waals surface area contributed by atoms with Crippen LogP contribution in [0.25, 0.3) is 5.57 Å². The Morgan fingerprint density at radius 1 is 1.12 bits per heavy atom. The van der Waals surface area contributed by atoms with E-state index in [1.807, 2.05) is 0 Å². The third-order valence-corrected chi connectivity index (χ3v) is 5.68. The molecule has 0 atom stereocenters. The lowest BCUT2D eigenvalue weighted by Gasteiger charge is -2.27. The van der Waals surface area contributed by atoms with E-state index in [1.54, 1.807) is 12.1 Å². The number of sulfone groups is 1. The van der Waals surface area contributed by atoms with Gasteiger partial charge >= 0.3 is 5.97 Å². The molecule has 0 spiro atoms. The molecule has 1 aliphatic carbocycles. The van der Waals surface area contributed by atoms with E-state index in [2.05, 4.69) is 0 Å². The number of rotatable bonds is 6. The van der Waals surface area contributed by atoms with Crippen molar-refractivity contribution in [2.24, 2.45) is 5.92 Å². The van der Waals surface area contributed by atoms with Crippen LogP contribution in [0.5, 0.6) is 0 Å². The van der Waals surface area contributed by atoms with E-state index in [-0.39, 0.29) is 29.4 Å². The summed E-state index contributed by atoms with van der Waals surface area (Å²) in [5, 5.41) is 18.8. The number of aliphatic hydroxyl groups is 1. The molecule has 0 unspecified atom stereocenters. The van der Waals surface area contributed by atoms with E-state index in [9.17, 15) is 23.4 Å². The average Bonchev–Trinajstić information content (AvgIpc) is 2.55. The number of hydrogen-bond acceptors (Lipinski definition) is 4. The molecule has 132 valence electrons. The van der Waals surface area contributed by atoms with Crippen LogP contribution in [-0.2, 0) is 14.6 Å². The molecule has 0 saturated heterocycles. The van der Waals surface area contributed by atoms with Crippen LogP contribution in [0.2, 0.25) is 0 Å². The first-order chi connectivity index (χ1) is 11.3. The molecule has 0 amide bonds. The van der Waals surface area contributed by atoms with Crippen molar-refractivity contribution in [1.29, 1.82) is 0 Å². The molecular formula is C18H24O5S. The van der Waals surface area contributed by atoms with Crippen LogP contribution in [0.1, 0.15) is 44.1 Å². The minimum absolute atomic E-state index is 0.0923. The highest BCUT2D eigenvalue weighted by Gasteiger charge is 2.25. The molecule has 1 saturated carbocycles. The summed E-state index contributed by atoms with van der Waals surface area (Å²) in [6.45, 7) is -0.223. The van der Waals surface area contributed by atoms with Gasteiger partial charge in [-0.1, -0.05) is 31.4 Å². The zero-order valence-electron chi connectivity index (χ0n) is 13.9. The summed E-state index contributed by atoms with van der Waals surface area (Å²) >= 11 is 0. The Hall–Kier alpha value is -1.66. The summed E-state index contributed by atoms with van der Waals surface area (Å²) in [6.07, 6.45) is 6.35. The predicted octanol–water partition coefficient (Wildman–Crippen LogP) is 2.89. The largest absolute Gasteiger partial charge is 0.478 e. The number of aliphatic carboxylic acids is 1. The minimum Gasteiger partial charge on any atom is -0.478 e. The smallest absolute Gasteiger partial charge is 0.331 e. The van der Waals surface area contributed by atoms with Crippen molar-refractivity contribution < 1.29 is 23.4 Å². The van der Waals surface area contributed by atoms with Crippen LogP contribution in [0, 0.1) is 5.92 Å². The molecule has 1 aliphatic rings. The second kappa shape index (κ2) is 7.94. The summed E-state index contributed by atoms with van der Waals surface area (Å²) in [5.74, 6) is -0.878. The number of carboxylic acid groups (broad SMARTS) is 1. The van der Waals surface area contributed by atoms with Crippen molar-refractivity contribution in [1.82, 2.24) is 0 Å². The molecule has 1 aromatic carbocycles. The van der Waals surface area contributed by atoms with Crippen molar-refractivity contribution in [3.05, 3.63) is 35.4 Å². The Morgan fingerprint density at radius 2 is 1.71 bits per heavy atom. The normalized spacial score (nSPS) is 17.4. The topological polar surface area (TPSA) is 91.7 Å². The Balaban J connectivity index is 2.52. The summed E-state index contributed by atoms with van der Waals surface area (Å²) in [6, 6.07) is 6.40. The van der Waals surface area contributed by atoms with Crippen molar-refractivity contribution in [3.8, 4) is 0 Å². The second-order valence-electron chi connectivity index (χ2n) is 6.30. The van der Waals surface area contributed by atoms with E-state index in [0.717, 1.165) is 49.5 Å². The number of allylic oxidation sites excluding steroid dienone is 1. The fraction of sp³-hybridized carbons (Fsp3) is 0.500. The maximum atomic E-state index is 11.7. The zero-order valence-corrected chi connectivity index (χ0v) is 14.7. The fourth-order valence-corrected chi connectivity index (χ4v) is 4.03. The molecular weight excluding hydrogens is 328 g/mol. The van der Waals surface area contributed by atoms with Gasteiger partial charge in [0.15, 0.2) is 9.84 Å². The molecule has 2 N–H and O–H groups in total. The van der Waals surface area contributed by atoms with Gasteiger partial charge in [-0.3, -0.25) is 0 Å². The molecule has 0 aliphatic heterocycles. The van der Waals surface area contributed by atoms with Crippen molar-refractivity contribution >= 4 is 21.4 Å². The molecule has 0 bridgehead atoms. The monoisotopic (exact) mass is 352 g/mol. The summed E-state index contributed by atoms with van der Waals surface area (Å²) < 4.78 is 23.2. The standard InChI is InChI=1S/C18H24O5S/c1-24(22,23)15-9-7-14(8-10-15)17(13-5-3-2-4-6-13)16(11-12-19)18(20)21/h7-10,13,19H,2-6,11-12H2,1H3,(H,20,21)/b17-16-. The third kappa shape index (κ3) is 4.45. The van der Waals surface area contributed by atoms with Crippen LogP contribution < -0.4 is 0 Å². The van der Waals surface area contributed by atoms with Crippen LogP contribution in [0.15, 0.2) is 34.7 Å². The van der Waals surface area contributed by atoms with Gasteiger partial charge in [0.25, 0.3) is 0 Å². The lowest BCUT2D eigenvalue weighted by Crippen LogP contribution is -2.15. The first-order valence-corrected chi connectivity index (χ1v) is 10.1. The fourth-order valence-electron chi connectivity index (χ4n) is 3.40. The Labute approximate surface area is 142 Å². The van der Waals surface area contributed by atoms with Gasteiger partial charge in [0, 0.05) is 24.9 Å². The number of benzene rings is 1. The number of carbonyl (C=O) groups is 1. The third-order valence-electron chi connectivity index (χ3n) is 4.55. The highest BCUT2D eigenvalue weighted by atomic mass is 32.2. The van der Waals surface area contributed by atoms with Crippen LogP contribution in [-0.4, -0.2) is 37.5 Å². The van der Waals surface area contributed by atoms with Gasteiger partial charge in [-0.15, -0.1) is 0 Å². The SMILES string of the molecule is CS(=O)(=O)c1ccc(/C(=C(/CCO)C(=O)O)C2CCCCC2)cc1. The Kier molecular flexibility index (Phi) is 6.18. The molecule has 0 aromatic heterocycles. The van der Waals surface area contributed by atoms with E-state index in [4.69, 9.17) is 0 Å². The molecule has 24 heavy (non-hydrogen) atoms. The summed E-state index contributed by atoms with van der Waals surface area (Å²) in [5.41, 5.74) is 1.72. The molecule has 5 nitrogen and oxygen atoms in total. The van der Waals surface area contributed by atoms with E-state index in [0.29, 0.717) is 0 Å². The predicted molar refractivity (Wildman–Crippen MR) is 92.4 cm³/mol. The summed E-state index contributed by atoms with van der Waals surface area (Å²) in [4.78, 5) is 11.9. The van der Waals surface area contributed by atoms with Crippen LogP contribution >= 0.6 is 0 Å². The van der Waals surface area contributed by atoms with Crippen molar-refractivity contribution in [2.75, 3.05) is 12.9 Å². The van der Waals surface area contributed by atoms with Gasteiger partial charge in [0.05, 0.1) is 4.90 Å². The van der Waals surface area contributed by atoms with Gasteiger partial charge < -0.3 is 10.2 Å². The molecule has 6 heteroatoms. The zero-order chi connectivity index (χ0) is 17.7. The minimum atomic E-state index is -3.29. The van der Waals surface area contributed by atoms with Crippen molar-refractivity contribution in [3.63, 3.8) is 0 Å². The maximum absolute atomic E-state index is 11.7. The number of hydrogen-bond donors (Lipinski definition) is 2. The van der Waals surface area contributed by atoms with Gasteiger partial charge in [0.1, 0.15) is 0 Å². The highest BCUT2D eigenvalue weighted by Crippen LogP contribution is 2.38. The van der Waals surface area contributed by atoms with Crippen LogP contribution in [0.4, 0.5) is 0 Å².